The second-order valence-corrected chi connectivity index (χ2v) is 4.87. The van der Waals surface area contributed by atoms with E-state index < -0.39 is 0 Å². The van der Waals surface area contributed by atoms with Crippen LogP contribution in [-0.2, 0) is 0 Å². The summed E-state index contributed by atoms with van der Waals surface area (Å²) in [5.41, 5.74) is 0. The summed E-state index contributed by atoms with van der Waals surface area (Å²) in [5.74, 6) is 0. The molecule has 0 radical (unpaired) electrons. The van der Waals surface area contributed by atoms with Crippen molar-refractivity contribution < 1.29 is 5.11 Å². The minimum atomic E-state index is -0.124. The van der Waals surface area contributed by atoms with E-state index in [2.05, 4.69) is 30.6 Å². The van der Waals surface area contributed by atoms with Gasteiger partial charge in [-0.25, -0.2) is 0 Å². The summed E-state index contributed by atoms with van der Waals surface area (Å²) >= 11 is 0. The van der Waals surface area contributed by atoms with Gasteiger partial charge in [-0.3, -0.25) is 9.80 Å². The van der Waals surface area contributed by atoms with Crippen LogP contribution in [0.1, 0.15) is 33.6 Å². The summed E-state index contributed by atoms with van der Waals surface area (Å²) in [5, 5.41) is 9.72. The van der Waals surface area contributed by atoms with Gasteiger partial charge in [0.25, 0.3) is 0 Å². The molecular formula is C12H26N2O. The topological polar surface area (TPSA) is 26.7 Å². The zero-order valence-corrected chi connectivity index (χ0v) is 10.4. The Morgan fingerprint density at radius 1 is 1.13 bits per heavy atom. The van der Waals surface area contributed by atoms with E-state index in [1.54, 1.807) is 0 Å². The Morgan fingerprint density at radius 2 is 1.73 bits per heavy atom. The Kier molecular flexibility index (Phi) is 5.58. The first-order valence-corrected chi connectivity index (χ1v) is 6.28. The minimum absolute atomic E-state index is 0.124. The highest BCUT2D eigenvalue weighted by molar-refractivity contribution is 4.75. The first-order valence-electron chi connectivity index (χ1n) is 6.28. The molecule has 1 aliphatic rings. The zero-order chi connectivity index (χ0) is 11.3. The fraction of sp³-hybridized carbons (Fsp3) is 1.00. The van der Waals surface area contributed by atoms with Gasteiger partial charge in [-0.2, -0.15) is 0 Å². The van der Waals surface area contributed by atoms with E-state index in [0.717, 1.165) is 45.6 Å². The molecule has 1 N–H and O–H groups in total. The minimum Gasteiger partial charge on any atom is -0.392 e. The van der Waals surface area contributed by atoms with Crippen LogP contribution in [0.3, 0.4) is 0 Å². The predicted molar refractivity (Wildman–Crippen MR) is 64.1 cm³/mol. The second-order valence-electron chi connectivity index (χ2n) is 4.87. The molecule has 1 saturated heterocycles. The molecule has 1 rings (SSSR count). The van der Waals surface area contributed by atoms with E-state index in [0.29, 0.717) is 6.04 Å². The summed E-state index contributed by atoms with van der Waals surface area (Å²) in [6, 6.07) is 0.660. The van der Waals surface area contributed by atoms with Crippen LogP contribution in [0.4, 0.5) is 0 Å². The molecule has 1 fully saturated rings. The maximum atomic E-state index is 9.72. The van der Waals surface area contributed by atoms with E-state index in [4.69, 9.17) is 0 Å². The maximum Gasteiger partial charge on any atom is 0.0667 e. The molecule has 0 aromatic carbocycles. The second kappa shape index (κ2) is 6.46. The van der Waals surface area contributed by atoms with Gasteiger partial charge in [-0.1, -0.05) is 13.3 Å². The maximum absolute atomic E-state index is 9.72. The molecule has 0 saturated carbocycles. The lowest BCUT2D eigenvalue weighted by Gasteiger charge is -2.37. The third-order valence-corrected chi connectivity index (χ3v) is 3.23. The Balaban J connectivity index is 2.19. The molecule has 0 aromatic heterocycles. The number of hydrogen-bond acceptors (Lipinski definition) is 3. The van der Waals surface area contributed by atoms with Crippen molar-refractivity contribution in [1.82, 2.24) is 9.80 Å². The lowest BCUT2D eigenvalue weighted by Crippen LogP contribution is -2.50. The van der Waals surface area contributed by atoms with Crippen molar-refractivity contribution >= 4 is 0 Å². The lowest BCUT2D eigenvalue weighted by atomic mass is 10.2. The standard InChI is InChI=1S/C12H26N2O/c1-4-5-12(15)10-13-6-8-14(9-7-13)11(2)3/h11-12,15H,4-10H2,1-3H3. The summed E-state index contributed by atoms with van der Waals surface area (Å²) in [6.07, 6.45) is 1.89. The van der Waals surface area contributed by atoms with Gasteiger partial charge in [0.2, 0.25) is 0 Å². The smallest absolute Gasteiger partial charge is 0.0667 e. The third kappa shape index (κ3) is 4.49. The van der Waals surface area contributed by atoms with Gasteiger partial charge in [0.1, 0.15) is 0 Å². The molecule has 1 atom stereocenters. The number of hydrogen-bond donors (Lipinski definition) is 1. The number of nitrogens with zero attached hydrogens (tertiary/aromatic N) is 2. The highest BCUT2D eigenvalue weighted by atomic mass is 16.3. The van der Waals surface area contributed by atoms with E-state index >= 15 is 0 Å². The van der Waals surface area contributed by atoms with Crippen molar-refractivity contribution in [3.63, 3.8) is 0 Å². The molecule has 0 spiro atoms. The number of piperazine rings is 1. The predicted octanol–water partition coefficient (Wildman–Crippen LogP) is 1.17. The van der Waals surface area contributed by atoms with Gasteiger partial charge < -0.3 is 5.11 Å². The number of aliphatic hydroxyl groups is 1. The van der Waals surface area contributed by atoms with Gasteiger partial charge >= 0.3 is 0 Å². The average molecular weight is 214 g/mol. The summed E-state index contributed by atoms with van der Waals surface area (Å²) in [4.78, 5) is 4.89. The molecule has 0 bridgehead atoms. The normalized spacial score (nSPS) is 22.2. The fourth-order valence-corrected chi connectivity index (χ4v) is 2.18. The molecule has 0 aliphatic carbocycles. The zero-order valence-electron chi connectivity index (χ0n) is 10.4. The monoisotopic (exact) mass is 214 g/mol. The van der Waals surface area contributed by atoms with Crippen LogP contribution in [0.5, 0.6) is 0 Å². The third-order valence-electron chi connectivity index (χ3n) is 3.23. The Bertz CT molecular complexity index is 165. The summed E-state index contributed by atoms with van der Waals surface area (Å²) < 4.78 is 0. The molecule has 0 aromatic rings. The molecule has 1 heterocycles. The Labute approximate surface area is 94.1 Å². The van der Waals surface area contributed by atoms with E-state index in [1.165, 1.54) is 0 Å². The lowest BCUT2D eigenvalue weighted by molar-refractivity contribution is 0.0588. The Morgan fingerprint density at radius 3 is 2.20 bits per heavy atom. The summed E-state index contributed by atoms with van der Waals surface area (Å²) in [6.45, 7) is 12.0. The first kappa shape index (κ1) is 12.9. The van der Waals surface area contributed by atoms with Gasteiger partial charge in [-0.15, -0.1) is 0 Å². The average Bonchev–Trinajstić information content (AvgIpc) is 2.18. The van der Waals surface area contributed by atoms with Gasteiger partial charge in [-0.05, 0) is 20.3 Å². The van der Waals surface area contributed by atoms with Crippen molar-refractivity contribution in [2.75, 3.05) is 32.7 Å². The van der Waals surface area contributed by atoms with Crippen LogP contribution in [0, 0.1) is 0 Å². The quantitative estimate of drug-likeness (QED) is 0.744. The first-order chi connectivity index (χ1) is 7.13. The highest BCUT2D eigenvalue weighted by Gasteiger charge is 2.19. The van der Waals surface area contributed by atoms with Crippen LogP contribution in [0.25, 0.3) is 0 Å². The van der Waals surface area contributed by atoms with E-state index in [9.17, 15) is 5.11 Å². The number of β-amino-alcohol motifs (C(OH)–C–C–N with tert-alkyl or cyclic N) is 1. The molecule has 1 unspecified atom stereocenters. The fourth-order valence-electron chi connectivity index (χ4n) is 2.18. The van der Waals surface area contributed by atoms with Crippen molar-refractivity contribution in [3.8, 4) is 0 Å². The summed E-state index contributed by atoms with van der Waals surface area (Å²) in [7, 11) is 0. The van der Waals surface area contributed by atoms with Crippen LogP contribution < -0.4 is 0 Å². The van der Waals surface area contributed by atoms with Crippen molar-refractivity contribution in [1.29, 1.82) is 0 Å². The van der Waals surface area contributed by atoms with Crippen LogP contribution in [0.2, 0.25) is 0 Å². The molecule has 3 nitrogen and oxygen atoms in total. The van der Waals surface area contributed by atoms with Crippen LogP contribution >= 0.6 is 0 Å². The molecule has 0 amide bonds. The van der Waals surface area contributed by atoms with E-state index in [-0.39, 0.29) is 6.10 Å². The molecule has 90 valence electrons. The number of aliphatic hydroxyl groups excluding tert-OH is 1. The van der Waals surface area contributed by atoms with Gasteiger partial charge in [0.15, 0.2) is 0 Å². The van der Waals surface area contributed by atoms with Crippen molar-refractivity contribution in [2.45, 2.75) is 45.8 Å². The Hall–Kier alpha value is -0.120. The van der Waals surface area contributed by atoms with Crippen LogP contribution in [0.15, 0.2) is 0 Å². The van der Waals surface area contributed by atoms with Gasteiger partial charge in [0, 0.05) is 38.8 Å². The molecule has 3 heteroatoms. The van der Waals surface area contributed by atoms with E-state index in [1.807, 2.05) is 0 Å². The molecule has 15 heavy (non-hydrogen) atoms. The SMILES string of the molecule is CCCC(O)CN1CCN(C(C)C)CC1. The van der Waals surface area contributed by atoms with Crippen molar-refractivity contribution in [2.24, 2.45) is 0 Å². The largest absolute Gasteiger partial charge is 0.392 e. The highest BCUT2D eigenvalue weighted by Crippen LogP contribution is 2.07. The van der Waals surface area contributed by atoms with Crippen molar-refractivity contribution in [3.05, 3.63) is 0 Å². The van der Waals surface area contributed by atoms with Crippen LogP contribution in [-0.4, -0.2) is 59.8 Å². The number of rotatable bonds is 5. The molecular weight excluding hydrogens is 188 g/mol. The van der Waals surface area contributed by atoms with Gasteiger partial charge in [0.05, 0.1) is 6.10 Å². The molecule has 1 aliphatic heterocycles.